The summed E-state index contributed by atoms with van der Waals surface area (Å²) in [6, 6.07) is 3.34. The van der Waals surface area contributed by atoms with Gasteiger partial charge in [0, 0.05) is 44.4 Å². The van der Waals surface area contributed by atoms with Crippen LogP contribution in [0.1, 0.15) is 57.4 Å². The first-order chi connectivity index (χ1) is 15.5. The van der Waals surface area contributed by atoms with E-state index in [-0.39, 0.29) is 18.7 Å². The number of aromatic nitrogens is 3. The molecule has 1 atom stereocenters. The van der Waals surface area contributed by atoms with Crippen molar-refractivity contribution in [2.24, 2.45) is 0 Å². The number of β-amino-alcohol motifs (C(OH)–C–C–N with tert-alkyl or cyclic N) is 1. The summed E-state index contributed by atoms with van der Waals surface area (Å²) in [6.07, 6.45) is 12.0. The van der Waals surface area contributed by atoms with Crippen molar-refractivity contribution in [2.75, 3.05) is 39.3 Å². The van der Waals surface area contributed by atoms with Gasteiger partial charge in [0.15, 0.2) is 0 Å². The minimum Gasteiger partial charge on any atom is -0.382 e. The maximum absolute atomic E-state index is 14.6. The second-order valence-corrected chi connectivity index (χ2v) is 8.99. The molecule has 0 radical (unpaired) electrons. The number of benzene rings is 1. The van der Waals surface area contributed by atoms with Gasteiger partial charge in [-0.1, -0.05) is 51.5 Å². The highest BCUT2D eigenvalue weighted by Gasteiger charge is 2.36. The zero-order chi connectivity index (χ0) is 22.8. The Hall–Kier alpha value is -1.90. The maximum atomic E-state index is 14.6. The van der Waals surface area contributed by atoms with Gasteiger partial charge in [-0.2, -0.15) is 5.10 Å². The van der Waals surface area contributed by atoms with Gasteiger partial charge in [0.05, 0.1) is 6.54 Å². The van der Waals surface area contributed by atoms with Crippen LogP contribution in [0.3, 0.4) is 0 Å². The molecule has 0 saturated carbocycles. The molecule has 1 N–H and O–H groups in total. The molecule has 1 fully saturated rings. The van der Waals surface area contributed by atoms with Gasteiger partial charge in [-0.15, -0.1) is 0 Å². The number of halogens is 2. The Labute approximate surface area is 190 Å². The van der Waals surface area contributed by atoms with E-state index in [0.29, 0.717) is 0 Å². The van der Waals surface area contributed by atoms with E-state index in [1.165, 1.54) is 74.4 Å². The maximum Gasteiger partial charge on any atom is 0.137 e. The zero-order valence-electron chi connectivity index (χ0n) is 19.2. The molecular weight excluding hydrogens is 412 g/mol. The molecule has 1 aromatic carbocycles. The van der Waals surface area contributed by atoms with Crippen LogP contribution in [0, 0.1) is 11.6 Å². The molecule has 0 amide bonds. The zero-order valence-corrected chi connectivity index (χ0v) is 19.2. The van der Waals surface area contributed by atoms with E-state index in [2.05, 4.69) is 26.8 Å². The predicted octanol–water partition coefficient (Wildman–Crippen LogP) is 3.81. The third kappa shape index (κ3) is 7.32. The number of nitrogens with zero attached hydrogens (tertiary/aromatic N) is 5. The first-order valence-electron chi connectivity index (χ1n) is 12.0. The van der Waals surface area contributed by atoms with Crippen LogP contribution in [0.2, 0.25) is 0 Å². The minimum absolute atomic E-state index is 0.0494. The van der Waals surface area contributed by atoms with Crippen LogP contribution in [0.4, 0.5) is 8.78 Å². The molecule has 0 bridgehead atoms. The third-order valence-corrected chi connectivity index (χ3v) is 6.35. The molecule has 32 heavy (non-hydrogen) atoms. The number of aliphatic hydroxyl groups is 1. The van der Waals surface area contributed by atoms with E-state index in [9.17, 15) is 13.9 Å². The number of rotatable bonds is 13. The lowest BCUT2D eigenvalue weighted by Gasteiger charge is -2.39. The van der Waals surface area contributed by atoms with E-state index < -0.39 is 17.2 Å². The fourth-order valence-corrected chi connectivity index (χ4v) is 4.50. The topological polar surface area (TPSA) is 57.4 Å². The summed E-state index contributed by atoms with van der Waals surface area (Å²) in [7, 11) is 0. The molecule has 0 spiro atoms. The number of piperazine rings is 1. The van der Waals surface area contributed by atoms with Gasteiger partial charge < -0.3 is 10.0 Å². The van der Waals surface area contributed by atoms with Crippen molar-refractivity contribution in [3.8, 4) is 0 Å². The SMILES string of the molecule is CCCCCCCCCN1CCN(CC(O)(Cn2cncn2)c2ccc(F)cc2F)CC1. The molecule has 1 unspecified atom stereocenters. The Balaban J connectivity index is 1.52. The van der Waals surface area contributed by atoms with E-state index in [4.69, 9.17) is 0 Å². The van der Waals surface area contributed by atoms with Crippen LogP contribution < -0.4 is 0 Å². The van der Waals surface area contributed by atoms with E-state index in [0.717, 1.165) is 38.8 Å². The smallest absolute Gasteiger partial charge is 0.137 e. The lowest BCUT2D eigenvalue weighted by Crippen LogP contribution is -2.52. The van der Waals surface area contributed by atoms with Crippen LogP contribution in [0.25, 0.3) is 0 Å². The fraction of sp³-hybridized carbons (Fsp3) is 0.667. The van der Waals surface area contributed by atoms with Crippen molar-refractivity contribution >= 4 is 0 Å². The second-order valence-electron chi connectivity index (χ2n) is 8.99. The van der Waals surface area contributed by atoms with Crippen molar-refractivity contribution < 1.29 is 13.9 Å². The van der Waals surface area contributed by atoms with Gasteiger partial charge in [-0.25, -0.2) is 18.4 Å². The Bertz CT molecular complexity index is 796. The monoisotopic (exact) mass is 449 g/mol. The van der Waals surface area contributed by atoms with Crippen LogP contribution in [0.5, 0.6) is 0 Å². The average molecular weight is 450 g/mol. The summed E-state index contributed by atoms with van der Waals surface area (Å²) in [4.78, 5) is 8.54. The molecule has 1 saturated heterocycles. The molecule has 2 aromatic rings. The summed E-state index contributed by atoms with van der Waals surface area (Å²) in [5, 5.41) is 15.6. The lowest BCUT2D eigenvalue weighted by molar-refractivity contribution is -0.0319. The molecule has 3 rings (SSSR count). The van der Waals surface area contributed by atoms with Crippen molar-refractivity contribution in [1.82, 2.24) is 24.6 Å². The summed E-state index contributed by atoms with van der Waals surface area (Å²) in [6.45, 7) is 7.12. The average Bonchev–Trinajstić information content (AvgIpc) is 3.26. The van der Waals surface area contributed by atoms with Gasteiger partial charge in [0.2, 0.25) is 0 Å². The number of hydrogen-bond donors (Lipinski definition) is 1. The summed E-state index contributed by atoms with van der Waals surface area (Å²) in [5.74, 6) is -1.40. The molecule has 8 heteroatoms. The first-order valence-corrected chi connectivity index (χ1v) is 12.0. The Morgan fingerprint density at radius 2 is 1.62 bits per heavy atom. The van der Waals surface area contributed by atoms with Gasteiger partial charge >= 0.3 is 0 Å². The van der Waals surface area contributed by atoms with Gasteiger partial charge in [0.25, 0.3) is 0 Å². The first kappa shape index (κ1) is 24.7. The highest BCUT2D eigenvalue weighted by atomic mass is 19.1. The second kappa shape index (κ2) is 12.4. The van der Waals surface area contributed by atoms with E-state index in [1.54, 1.807) is 0 Å². The Morgan fingerprint density at radius 3 is 2.28 bits per heavy atom. The molecule has 1 aliphatic heterocycles. The summed E-state index contributed by atoms with van der Waals surface area (Å²) < 4.78 is 29.5. The molecule has 2 heterocycles. The molecule has 0 aliphatic carbocycles. The summed E-state index contributed by atoms with van der Waals surface area (Å²) in [5.41, 5.74) is -1.45. The van der Waals surface area contributed by atoms with Gasteiger partial charge in [-0.05, 0) is 19.0 Å². The molecule has 1 aliphatic rings. The Kier molecular flexibility index (Phi) is 9.56. The molecular formula is C24H37F2N5O. The summed E-state index contributed by atoms with van der Waals surface area (Å²) >= 11 is 0. The van der Waals surface area contributed by atoms with Crippen LogP contribution in [0.15, 0.2) is 30.9 Å². The van der Waals surface area contributed by atoms with Crippen molar-refractivity contribution in [2.45, 2.75) is 64.0 Å². The molecule has 6 nitrogen and oxygen atoms in total. The highest BCUT2D eigenvalue weighted by Crippen LogP contribution is 2.28. The van der Waals surface area contributed by atoms with Crippen molar-refractivity contribution in [3.63, 3.8) is 0 Å². The highest BCUT2D eigenvalue weighted by molar-refractivity contribution is 5.25. The minimum atomic E-state index is -1.54. The lowest BCUT2D eigenvalue weighted by atomic mass is 9.92. The third-order valence-electron chi connectivity index (χ3n) is 6.35. The number of hydrogen-bond acceptors (Lipinski definition) is 5. The normalized spacial score (nSPS) is 17.5. The fourth-order valence-electron chi connectivity index (χ4n) is 4.50. The van der Waals surface area contributed by atoms with Crippen molar-refractivity contribution in [3.05, 3.63) is 48.1 Å². The molecule has 178 valence electrons. The van der Waals surface area contributed by atoms with Crippen LogP contribution >= 0.6 is 0 Å². The van der Waals surface area contributed by atoms with Gasteiger partial charge in [0.1, 0.15) is 29.9 Å². The van der Waals surface area contributed by atoms with Gasteiger partial charge in [-0.3, -0.25) is 4.90 Å². The van der Waals surface area contributed by atoms with Crippen LogP contribution in [-0.4, -0.2) is 68.9 Å². The Morgan fingerprint density at radius 1 is 0.938 bits per heavy atom. The van der Waals surface area contributed by atoms with E-state index >= 15 is 0 Å². The standard InChI is InChI=1S/C24H37F2N5O/c1-2-3-4-5-6-7-8-11-29-12-14-30(15-13-29)17-24(32,18-31-20-27-19-28-31)22-10-9-21(25)16-23(22)26/h9-10,16,19-20,32H,2-8,11-15,17-18H2,1H3. The van der Waals surface area contributed by atoms with Crippen molar-refractivity contribution in [1.29, 1.82) is 0 Å². The quantitative estimate of drug-likeness (QED) is 0.471. The van der Waals surface area contributed by atoms with E-state index in [1.807, 2.05) is 0 Å². The predicted molar refractivity (Wildman–Crippen MR) is 121 cm³/mol. The molecule has 1 aromatic heterocycles. The number of unbranched alkanes of at least 4 members (excludes halogenated alkanes) is 6. The largest absolute Gasteiger partial charge is 0.382 e. The van der Waals surface area contributed by atoms with Crippen LogP contribution in [-0.2, 0) is 12.1 Å².